The minimum absolute atomic E-state index is 0.186. The molecule has 0 aliphatic rings. The summed E-state index contributed by atoms with van der Waals surface area (Å²) >= 11 is 0. The van der Waals surface area contributed by atoms with Gasteiger partial charge in [0.1, 0.15) is 0 Å². The highest BCUT2D eigenvalue weighted by Gasteiger charge is 2.09. The highest BCUT2D eigenvalue weighted by Crippen LogP contribution is 2.19. The van der Waals surface area contributed by atoms with E-state index in [2.05, 4.69) is 17.1 Å². The maximum Gasteiger partial charge on any atom is 0.163 e. The third kappa shape index (κ3) is 2.59. The second kappa shape index (κ2) is 5.66. The van der Waals surface area contributed by atoms with E-state index in [0.29, 0.717) is 6.42 Å². The van der Waals surface area contributed by atoms with E-state index in [-0.39, 0.29) is 5.78 Å². The molecule has 1 heterocycles. The predicted molar refractivity (Wildman–Crippen MR) is 80.8 cm³/mol. The molecule has 0 radical (unpaired) electrons. The van der Waals surface area contributed by atoms with Crippen LogP contribution in [0.15, 0.2) is 67.0 Å². The highest BCUT2D eigenvalue weighted by atomic mass is 16.1. The van der Waals surface area contributed by atoms with Crippen molar-refractivity contribution in [2.24, 2.45) is 0 Å². The Morgan fingerprint density at radius 3 is 2.65 bits per heavy atom. The van der Waals surface area contributed by atoms with Crippen molar-refractivity contribution in [3.8, 4) is 0 Å². The number of carbonyl (C=O) groups excluding carboxylic acids is 1. The van der Waals surface area contributed by atoms with Crippen LogP contribution in [0, 0.1) is 0 Å². The Bertz CT molecular complexity index is 729. The number of pyridine rings is 1. The van der Waals surface area contributed by atoms with Gasteiger partial charge in [-0.25, -0.2) is 0 Å². The van der Waals surface area contributed by atoms with Crippen LogP contribution in [0.4, 0.5) is 0 Å². The summed E-state index contributed by atoms with van der Waals surface area (Å²) < 4.78 is 0. The zero-order chi connectivity index (χ0) is 13.8. The first-order valence-electron chi connectivity index (χ1n) is 6.74. The van der Waals surface area contributed by atoms with Crippen LogP contribution in [0.25, 0.3) is 10.8 Å². The van der Waals surface area contributed by atoms with E-state index < -0.39 is 0 Å². The van der Waals surface area contributed by atoms with Crippen LogP contribution < -0.4 is 0 Å². The van der Waals surface area contributed by atoms with Gasteiger partial charge in [0, 0.05) is 29.8 Å². The number of nitrogens with zero attached hydrogens (tertiary/aromatic N) is 1. The van der Waals surface area contributed by atoms with Gasteiger partial charge in [0.25, 0.3) is 0 Å². The van der Waals surface area contributed by atoms with Crippen molar-refractivity contribution in [3.05, 3.63) is 78.1 Å². The van der Waals surface area contributed by atoms with E-state index >= 15 is 0 Å². The Morgan fingerprint density at radius 2 is 1.80 bits per heavy atom. The Balaban J connectivity index is 1.82. The molecule has 2 heteroatoms. The lowest BCUT2D eigenvalue weighted by Gasteiger charge is -2.05. The third-order valence-corrected chi connectivity index (χ3v) is 3.46. The first-order chi connectivity index (χ1) is 9.84. The maximum absolute atomic E-state index is 12.4. The fourth-order valence-electron chi connectivity index (χ4n) is 2.40. The topological polar surface area (TPSA) is 30.0 Å². The Morgan fingerprint density at radius 1 is 0.950 bits per heavy atom. The van der Waals surface area contributed by atoms with Gasteiger partial charge in [0.2, 0.25) is 0 Å². The molecule has 3 aromatic rings. The number of aromatic nitrogens is 1. The maximum atomic E-state index is 12.4. The van der Waals surface area contributed by atoms with E-state index in [1.165, 1.54) is 5.56 Å². The van der Waals surface area contributed by atoms with Crippen LogP contribution in [0.3, 0.4) is 0 Å². The summed E-state index contributed by atoms with van der Waals surface area (Å²) in [7, 11) is 0. The minimum Gasteiger partial charge on any atom is -0.294 e. The Labute approximate surface area is 118 Å². The van der Waals surface area contributed by atoms with E-state index in [4.69, 9.17) is 0 Å². The summed E-state index contributed by atoms with van der Waals surface area (Å²) in [4.78, 5) is 16.5. The SMILES string of the molecule is O=C(CCc1ccccc1)c1cccc2cnccc12. The van der Waals surface area contributed by atoms with Gasteiger partial charge in [-0.15, -0.1) is 0 Å². The van der Waals surface area contributed by atoms with Crippen molar-refractivity contribution in [2.45, 2.75) is 12.8 Å². The van der Waals surface area contributed by atoms with Gasteiger partial charge in [-0.2, -0.15) is 0 Å². The molecule has 0 aliphatic heterocycles. The Kier molecular flexibility index (Phi) is 3.55. The van der Waals surface area contributed by atoms with Gasteiger partial charge in [-0.05, 0) is 23.4 Å². The molecule has 0 amide bonds. The van der Waals surface area contributed by atoms with E-state index in [9.17, 15) is 4.79 Å². The first-order valence-corrected chi connectivity index (χ1v) is 6.74. The van der Waals surface area contributed by atoms with Gasteiger partial charge in [-0.1, -0.05) is 48.5 Å². The lowest BCUT2D eigenvalue weighted by molar-refractivity contribution is 0.0984. The molecule has 0 N–H and O–H groups in total. The van der Waals surface area contributed by atoms with Crippen LogP contribution in [0.1, 0.15) is 22.3 Å². The van der Waals surface area contributed by atoms with Gasteiger partial charge in [0.05, 0.1) is 0 Å². The number of hydrogen-bond acceptors (Lipinski definition) is 2. The van der Waals surface area contributed by atoms with E-state index in [1.807, 2.05) is 42.5 Å². The van der Waals surface area contributed by atoms with Crippen LogP contribution in [0.2, 0.25) is 0 Å². The molecule has 0 spiro atoms. The van der Waals surface area contributed by atoms with Gasteiger partial charge in [0.15, 0.2) is 5.78 Å². The number of rotatable bonds is 4. The molecule has 0 saturated heterocycles. The van der Waals surface area contributed by atoms with E-state index in [0.717, 1.165) is 22.8 Å². The Hall–Kier alpha value is -2.48. The highest BCUT2D eigenvalue weighted by molar-refractivity contribution is 6.07. The molecule has 0 aliphatic carbocycles. The average Bonchev–Trinajstić information content (AvgIpc) is 2.53. The van der Waals surface area contributed by atoms with Crippen molar-refractivity contribution < 1.29 is 4.79 Å². The van der Waals surface area contributed by atoms with Crippen LogP contribution in [-0.2, 0) is 6.42 Å². The number of ketones is 1. The molecule has 0 fully saturated rings. The number of hydrogen-bond donors (Lipinski definition) is 0. The van der Waals surface area contributed by atoms with E-state index in [1.54, 1.807) is 12.4 Å². The van der Waals surface area contributed by atoms with Crippen molar-refractivity contribution in [2.75, 3.05) is 0 Å². The fraction of sp³-hybridized carbons (Fsp3) is 0.111. The number of aryl methyl sites for hydroxylation is 1. The quantitative estimate of drug-likeness (QED) is 0.663. The molecular formula is C18H15NO. The molecule has 2 nitrogen and oxygen atoms in total. The van der Waals surface area contributed by atoms with Crippen molar-refractivity contribution in [1.29, 1.82) is 0 Å². The summed E-state index contributed by atoms with van der Waals surface area (Å²) in [6.07, 6.45) is 4.84. The molecule has 0 saturated carbocycles. The zero-order valence-corrected chi connectivity index (χ0v) is 11.1. The standard InChI is InChI=1S/C18H15NO/c20-18(10-9-14-5-2-1-3-6-14)17-8-4-7-15-13-19-12-11-16(15)17/h1-8,11-13H,9-10H2. The fourth-order valence-corrected chi connectivity index (χ4v) is 2.40. The van der Waals surface area contributed by atoms with Crippen molar-refractivity contribution >= 4 is 16.6 Å². The largest absolute Gasteiger partial charge is 0.294 e. The summed E-state index contributed by atoms with van der Waals surface area (Å²) in [5, 5.41) is 2.00. The second-order valence-electron chi connectivity index (χ2n) is 4.81. The lowest BCUT2D eigenvalue weighted by Crippen LogP contribution is -2.02. The van der Waals surface area contributed by atoms with Gasteiger partial charge >= 0.3 is 0 Å². The van der Waals surface area contributed by atoms with Crippen LogP contribution in [-0.4, -0.2) is 10.8 Å². The number of benzene rings is 2. The summed E-state index contributed by atoms with van der Waals surface area (Å²) in [5.74, 6) is 0.186. The molecule has 3 rings (SSSR count). The monoisotopic (exact) mass is 261 g/mol. The minimum atomic E-state index is 0.186. The second-order valence-corrected chi connectivity index (χ2v) is 4.81. The predicted octanol–water partition coefficient (Wildman–Crippen LogP) is 4.05. The number of fused-ring (bicyclic) bond motifs is 1. The van der Waals surface area contributed by atoms with Gasteiger partial charge in [-0.3, -0.25) is 9.78 Å². The van der Waals surface area contributed by atoms with Crippen LogP contribution in [0.5, 0.6) is 0 Å². The smallest absolute Gasteiger partial charge is 0.163 e. The molecule has 0 bridgehead atoms. The molecule has 0 atom stereocenters. The third-order valence-electron chi connectivity index (χ3n) is 3.46. The molecule has 2 aromatic carbocycles. The van der Waals surface area contributed by atoms with Crippen molar-refractivity contribution in [1.82, 2.24) is 4.98 Å². The number of carbonyl (C=O) groups is 1. The van der Waals surface area contributed by atoms with Crippen LogP contribution >= 0.6 is 0 Å². The summed E-state index contributed by atoms with van der Waals surface area (Å²) in [6, 6.07) is 17.8. The average molecular weight is 261 g/mol. The number of Topliss-reactive ketones (excluding diaryl/α,β-unsaturated/α-hetero) is 1. The van der Waals surface area contributed by atoms with Crippen molar-refractivity contribution in [3.63, 3.8) is 0 Å². The summed E-state index contributed by atoms with van der Waals surface area (Å²) in [5.41, 5.74) is 1.99. The zero-order valence-electron chi connectivity index (χ0n) is 11.1. The molecule has 0 unspecified atom stereocenters. The molecular weight excluding hydrogens is 246 g/mol. The molecule has 20 heavy (non-hydrogen) atoms. The lowest BCUT2D eigenvalue weighted by atomic mass is 9.98. The first kappa shape index (κ1) is 12.5. The molecule has 1 aromatic heterocycles. The summed E-state index contributed by atoms with van der Waals surface area (Å²) in [6.45, 7) is 0. The normalized spacial score (nSPS) is 10.6. The molecule has 98 valence electrons. The van der Waals surface area contributed by atoms with Gasteiger partial charge < -0.3 is 0 Å².